The zero-order valence-corrected chi connectivity index (χ0v) is 53.4. The fourth-order valence-electron chi connectivity index (χ4n) is 10.9. The van der Waals surface area contributed by atoms with Crippen LogP contribution in [0.4, 0.5) is 0 Å². The highest BCUT2D eigenvalue weighted by Gasteiger charge is 2.53. The minimum absolute atomic E-state index is 0.175. The van der Waals surface area contributed by atoms with E-state index in [0.29, 0.717) is 12.8 Å². The molecule has 17 unspecified atom stereocenters. The van der Waals surface area contributed by atoms with Crippen molar-refractivity contribution in [1.82, 2.24) is 5.32 Å². The normalized spacial score (nSPS) is 28.9. The zero-order valence-electron chi connectivity index (χ0n) is 53.4. The van der Waals surface area contributed by atoms with Crippen molar-refractivity contribution in [2.45, 2.75) is 317 Å². The van der Waals surface area contributed by atoms with Crippen LogP contribution >= 0.6 is 0 Å². The van der Waals surface area contributed by atoms with Crippen LogP contribution in [0.3, 0.4) is 0 Å². The second-order valence-electron chi connectivity index (χ2n) is 23.9. The standard InChI is InChI=1S/C69H119NO18/c1-3-5-7-9-11-13-15-17-19-20-21-22-23-24-25-26-27-28-29-30-31-33-34-36-38-40-42-44-46-53(74)52(70-57(75)47-45-43-41-39-37-35-32-18-16-14-12-10-8-6-4-2)51-83-67-63(81)60(78)65(55(49-72)85-67)88-69-64(82)61(79)66(56(50-73)86-69)87-68-62(80)59(77)58(76)54(48-71)84-68/h6,8,12,14,18,30-32,36-39,44,46,52-56,58-69,71-74,76-82H,3-5,7,9-11,13,15-17,19-29,33-35,40-43,45,47-51H2,1-2H3,(H,70,75)/b8-6-,14-12-,31-30+,32-18-,38-36+,39-37-,46-44+. The van der Waals surface area contributed by atoms with Gasteiger partial charge in [0.1, 0.15) is 73.2 Å². The molecule has 12 N–H and O–H groups in total. The molecule has 508 valence electrons. The molecule has 19 nitrogen and oxygen atoms in total. The second kappa shape index (κ2) is 50.5. The van der Waals surface area contributed by atoms with E-state index in [2.05, 4.69) is 92.1 Å². The van der Waals surface area contributed by atoms with E-state index in [1.54, 1.807) is 6.08 Å². The first kappa shape index (κ1) is 79.2. The Morgan fingerprint density at radius 2 is 0.795 bits per heavy atom. The molecule has 17 atom stereocenters. The molecule has 0 aromatic heterocycles. The molecule has 3 saturated heterocycles. The number of carbonyl (C=O) groups excluding carboxylic acids is 1. The lowest BCUT2D eigenvalue weighted by Crippen LogP contribution is -2.66. The molecule has 3 heterocycles. The molecule has 3 rings (SSSR count). The molecule has 3 aliphatic rings. The fraction of sp³-hybridized carbons (Fsp3) is 0.783. The average Bonchev–Trinajstić information content (AvgIpc) is 3.59. The summed E-state index contributed by atoms with van der Waals surface area (Å²) in [5.41, 5.74) is 0. The van der Waals surface area contributed by atoms with Crippen LogP contribution in [0, 0.1) is 0 Å². The van der Waals surface area contributed by atoms with Crippen LogP contribution in [0.1, 0.15) is 213 Å². The predicted octanol–water partition coefficient (Wildman–Crippen LogP) is 8.32. The highest BCUT2D eigenvalue weighted by molar-refractivity contribution is 5.76. The Morgan fingerprint density at radius 1 is 0.420 bits per heavy atom. The topological polar surface area (TPSA) is 307 Å². The van der Waals surface area contributed by atoms with Gasteiger partial charge in [-0.1, -0.05) is 208 Å². The van der Waals surface area contributed by atoms with E-state index < -0.39 is 131 Å². The summed E-state index contributed by atoms with van der Waals surface area (Å²) in [5, 5.41) is 120. The van der Waals surface area contributed by atoms with Gasteiger partial charge in [-0.15, -0.1) is 0 Å². The summed E-state index contributed by atoms with van der Waals surface area (Å²) >= 11 is 0. The maximum Gasteiger partial charge on any atom is 0.220 e. The van der Waals surface area contributed by atoms with Gasteiger partial charge < -0.3 is 89.9 Å². The van der Waals surface area contributed by atoms with Crippen molar-refractivity contribution in [3.8, 4) is 0 Å². The van der Waals surface area contributed by atoms with Gasteiger partial charge in [0.25, 0.3) is 0 Å². The van der Waals surface area contributed by atoms with Crippen LogP contribution in [0.15, 0.2) is 85.1 Å². The quantitative estimate of drug-likeness (QED) is 0.0201. The summed E-state index contributed by atoms with van der Waals surface area (Å²) in [6.45, 7) is 1.55. The first-order chi connectivity index (χ1) is 42.8. The number of unbranched alkanes of at least 4 members (excludes halogenated alkanes) is 22. The van der Waals surface area contributed by atoms with E-state index >= 15 is 0 Å². The third-order valence-corrected chi connectivity index (χ3v) is 16.4. The number of aliphatic hydroxyl groups is 11. The molecule has 1 amide bonds. The molecule has 0 aromatic rings. The summed E-state index contributed by atoms with van der Waals surface area (Å²) in [6, 6.07) is -1.02. The van der Waals surface area contributed by atoms with Crippen LogP contribution < -0.4 is 5.32 Å². The summed E-state index contributed by atoms with van der Waals surface area (Å²) < 4.78 is 34.2. The number of allylic oxidation sites excluding steroid dienone is 13. The van der Waals surface area contributed by atoms with E-state index in [0.717, 1.165) is 64.2 Å². The van der Waals surface area contributed by atoms with Crippen molar-refractivity contribution in [2.24, 2.45) is 0 Å². The number of hydrogen-bond donors (Lipinski definition) is 12. The minimum atomic E-state index is -1.99. The van der Waals surface area contributed by atoms with Crippen molar-refractivity contribution >= 4 is 5.91 Å². The van der Waals surface area contributed by atoms with E-state index in [4.69, 9.17) is 28.4 Å². The monoisotopic (exact) mass is 1250 g/mol. The maximum atomic E-state index is 13.3. The SMILES string of the molecule is CC/C=C\C/C=C\C/C=C\C/C=C\CCCCC(=O)NC(COC1OC(CO)C(OC2OC(CO)C(OC3OC(CO)C(O)C(O)C3O)C(O)C2O)C(O)C1O)C(O)/C=C/CC/C=C/CC/C=C/CCCCCCCCCCCCCCCCCCCC. The van der Waals surface area contributed by atoms with Crippen molar-refractivity contribution < 1.29 is 89.4 Å². The minimum Gasteiger partial charge on any atom is -0.394 e. The second-order valence-corrected chi connectivity index (χ2v) is 23.9. The fourth-order valence-corrected chi connectivity index (χ4v) is 10.9. The molecule has 0 aromatic carbocycles. The van der Waals surface area contributed by atoms with Crippen LogP contribution in [0.5, 0.6) is 0 Å². The van der Waals surface area contributed by atoms with Gasteiger partial charge in [0.15, 0.2) is 18.9 Å². The van der Waals surface area contributed by atoms with Gasteiger partial charge in [-0.2, -0.15) is 0 Å². The number of rotatable bonds is 50. The van der Waals surface area contributed by atoms with Crippen LogP contribution in [-0.2, 0) is 33.2 Å². The molecule has 0 radical (unpaired) electrons. The van der Waals surface area contributed by atoms with E-state index in [1.807, 2.05) is 6.08 Å². The van der Waals surface area contributed by atoms with Crippen molar-refractivity contribution in [1.29, 1.82) is 0 Å². The summed E-state index contributed by atoms with van der Waals surface area (Å²) in [4.78, 5) is 13.3. The Labute approximate surface area is 527 Å². The number of ether oxygens (including phenoxy) is 6. The number of nitrogens with one attached hydrogen (secondary N) is 1. The Morgan fingerprint density at radius 3 is 1.27 bits per heavy atom. The molecule has 19 heteroatoms. The Hall–Kier alpha value is -3.03. The molecule has 3 aliphatic heterocycles. The third kappa shape index (κ3) is 32.5. The van der Waals surface area contributed by atoms with Crippen LogP contribution in [0.2, 0.25) is 0 Å². The Bertz CT molecular complexity index is 1930. The lowest BCUT2D eigenvalue weighted by atomic mass is 9.96. The molecular formula is C69H119NO18. The number of carbonyl (C=O) groups is 1. The van der Waals surface area contributed by atoms with Gasteiger partial charge in [0.05, 0.1) is 38.6 Å². The van der Waals surface area contributed by atoms with Crippen LogP contribution in [0.25, 0.3) is 0 Å². The molecule has 88 heavy (non-hydrogen) atoms. The number of aliphatic hydroxyl groups excluding tert-OH is 11. The molecule has 0 aliphatic carbocycles. The summed E-state index contributed by atoms with van der Waals surface area (Å²) in [6.07, 6.45) is 37.3. The van der Waals surface area contributed by atoms with Gasteiger partial charge in [0, 0.05) is 6.42 Å². The molecular weight excluding hydrogens is 1130 g/mol. The highest BCUT2D eigenvalue weighted by atomic mass is 16.8. The number of amides is 1. The summed E-state index contributed by atoms with van der Waals surface area (Å²) in [5.74, 6) is -0.333. The smallest absolute Gasteiger partial charge is 0.220 e. The van der Waals surface area contributed by atoms with Crippen LogP contribution in [-0.4, -0.2) is 193 Å². The summed E-state index contributed by atoms with van der Waals surface area (Å²) in [7, 11) is 0. The van der Waals surface area contributed by atoms with E-state index in [9.17, 15) is 61.0 Å². The molecule has 3 fully saturated rings. The predicted molar refractivity (Wildman–Crippen MR) is 341 cm³/mol. The number of hydrogen-bond acceptors (Lipinski definition) is 18. The largest absolute Gasteiger partial charge is 0.394 e. The zero-order chi connectivity index (χ0) is 64.0. The van der Waals surface area contributed by atoms with Gasteiger partial charge in [-0.25, -0.2) is 0 Å². The van der Waals surface area contributed by atoms with Crippen molar-refractivity contribution in [3.05, 3.63) is 85.1 Å². The van der Waals surface area contributed by atoms with E-state index in [-0.39, 0.29) is 12.3 Å². The van der Waals surface area contributed by atoms with Gasteiger partial charge in [-0.05, 0) is 83.5 Å². The first-order valence-electron chi connectivity index (χ1n) is 33.8. The highest BCUT2D eigenvalue weighted by Crippen LogP contribution is 2.33. The third-order valence-electron chi connectivity index (χ3n) is 16.4. The van der Waals surface area contributed by atoms with Crippen molar-refractivity contribution in [3.63, 3.8) is 0 Å². The van der Waals surface area contributed by atoms with Crippen molar-refractivity contribution in [2.75, 3.05) is 26.4 Å². The average molecular weight is 1250 g/mol. The van der Waals surface area contributed by atoms with Gasteiger partial charge in [0.2, 0.25) is 5.91 Å². The molecule has 0 bridgehead atoms. The lowest BCUT2D eigenvalue weighted by Gasteiger charge is -2.48. The van der Waals surface area contributed by atoms with Gasteiger partial charge >= 0.3 is 0 Å². The Kier molecular flexibility index (Phi) is 45.5. The van der Waals surface area contributed by atoms with E-state index in [1.165, 1.54) is 116 Å². The lowest BCUT2D eigenvalue weighted by molar-refractivity contribution is -0.379. The van der Waals surface area contributed by atoms with Gasteiger partial charge in [-0.3, -0.25) is 4.79 Å². The first-order valence-corrected chi connectivity index (χ1v) is 33.8. The molecule has 0 saturated carbocycles. The Balaban J connectivity index is 1.46. The molecule has 0 spiro atoms. The maximum absolute atomic E-state index is 13.3.